The average Bonchev–Trinajstić information content (AvgIpc) is 3.35. The van der Waals surface area contributed by atoms with Gasteiger partial charge in [0.25, 0.3) is 0 Å². The Hall–Kier alpha value is -2.66. The highest BCUT2D eigenvalue weighted by molar-refractivity contribution is 7.80. The zero-order valence-corrected chi connectivity index (χ0v) is 21.6. The maximum Gasteiger partial charge on any atom is 0.174 e. The molecule has 0 amide bonds. The van der Waals surface area contributed by atoms with Crippen LogP contribution >= 0.6 is 12.2 Å². The summed E-state index contributed by atoms with van der Waals surface area (Å²) < 4.78 is 2.60. The molecule has 3 heterocycles. The van der Waals surface area contributed by atoms with Gasteiger partial charge in [-0.25, -0.2) is 0 Å². The van der Waals surface area contributed by atoms with Gasteiger partial charge in [-0.2, -0.15) is 0 Å². The highest BCUT2D eigenvalue weighted by atomic mass is 32.1. The van der Waals surface area contributed by atoms with Crippen LogP contribution in [0.15, 0.2) is 54.7 Å². The predicted molar refractivity (Wildman–Crippen MR) is 144 cm³/mol. The normalized spacial score (nSPS) is 21.3. The smallest absolute Gasteiger partial charge is 0.174 e. The molecule has 2 atom stereocenters. The molecule has 2 fully saturated rings. The lowest BCUT2D eigenvalue weighted by Crippen LogP contribution is -2.29. The molecule has 5 rings (SSSR count). The minimum atomic E-state index is -0.00113. The van der Waals surface area contributed by atoms with Gasteiger partial charge in [0.15, 0.2) is 5.11 Å². The van der Waals surface area contributed by atoms with E-state index in [-0.39, 0.29) is 12.1 Å². The minimum absolute atomic E-state index is 0.00113. The molecule has 1 saturated heterocycles. The zero-order chi connectivity index (χ0) is 23.8. The first-order valence-corrected chi connectivity index (χ1v) is 13.2. The molecule has 2 aromatic heterocycles. The molecule has 0 radical (unpaired) electrons. The van der Waals surface area contributed by atoms with E-state index in [1.54, 1.807) is 0 Å². The molecule has 0 spiro atoms. The van der Waals surface area contributed by atoms with Crippen molar-refractivity contribution in [2.24, 2.45) is 0 Å². The van der Waals surface area contributed by atoms with Crippen molar-refractivity contribution < 1.29 is 0 Å². The summed E-state index contributed by atoms with van der Waals surface area (Å²) in [6, 6.07) is 18.1. The van der Waals surface area contributed by atoms with Crippen LogP contribution in [0.1, 0.15) is 98.2 Å². The van der Waals surface area contributed by atoms with Gasteiger partial charge < -0.3 is 14.8 Å². The largest absolute Gasteiger partial charge is 0.351 e. The van der Waals surface area contributed by atoms with E-state index in [2.05, 4.69) is 84.9 Å². The molecule has 1 saturated carbocycles. The number of pyridine rings is 1. The molecule has 5 heteroatoms. The van der Waals surface area contributed by atoms with Crippen LogP contribution in [0.4, 0.5) is 5.69 Å². The molecular weight excluding hydrogens is 436 g/mol. The Labute approximate surface area is 209 Å². The van der Waals surface area contributed by atoms with E-state index in [4.69, 9.17) is 17.2 Å². The fraction of sp³-hybridized carbons (Fsp3) is 0.448. The summed E-state index contributed by atoms with van der Waals surface area (Å²) >= 11 is 5.95. The number of hydrogen-bond acceptors (Lipinski definition) is 2. The van der Waals surface area contributed by atoms with Crippen molar-refractivity contribution in [1.29, 1.82) is 0 Å². The first-order valence-electron chi connectivity index (χ1n) is 12.7. The zero-order valence-electron chi connectivity index (χ0n) is 20.8. The monoisotopic (exact) mass is 472 g/mol. The number of rotatable bonds is 5. The van der Waals surface area contributed by atoms with Crippen molar-refractivity contribution in [3.05, 3.63) is 82.9 Å². The quantitative estimate of drug-likeness (QED) is 0.395. The van der Waals surface area contributed by atoms with Crippen molar-refractivity contribution in [3.63, 3.8) is 0 Å². The Morgan fingerprint density at radius 1 is 1.00 bits per heavy atom. The Morgan fingerprint density at radius 2 is 1.74 bits per heavy atom. The van der Waals surface area contributed by atoms with Crippen LogP contribution in [0, 0.1) is 13.8 Å². The second-order valence-corrected chi connectivity index (χ2v) is 10.6. The van der Waals surface area contributed by atoms with E-state index in [9.17, 15) is 0 Å². The van der Waals surface area contributed by atoms with Gasteiger partial charge in [0, 0.05) is 29.3 Å². The van der Waals surface area contributed by atoms with Crippen LogP contribution in [0.2, 0.25) is 0 Å². The van der Waals surface area contributed by atoms with E-state index in [0.717, 1.165) is 16.5 Å². The van der Waals surface area contributed by atoms with Crippen molar-refractivity contribution in [2.45, 2.75) is 83.8 Å². The first kappa shape index (κ1) is 23.1. The summed E-state index contributed by atoms with van der Waals surface area (Å²) in [5.41, 5.74) is 7.57. The molecule has 1 aliphatic heterocycles. The van der Waals surface area contributed by atoms with Crippen molar-refractivity contribution in [2.75, 3.05) is 4.90 Å². The highest BCUT2D eigenvalue weighted by Crippen LogP contribution is 2.44. The molecule has 0 unspecified atom stereocenters. The van der Waals surface area contributed by atoms with Gasteiger partial charge in [-0.3, -0.25) is 4.98 Å². The third-order valence-corrected chi connectivity index (χ3v) is 8.03. The molecule has 1 aliphatic carbocycles. The summed E-state index contributed by atoms with van der Waals surface area (Å²) in [6.07, 6.45) is 8.46. The summed E-state index contributed by atoms with van der Waals surface area (Å²) in [5, 5.41) is 4.39. The Bertz CT molecular complexity index is 1140. The number of nitrogens with one attached hydrogen (secondary N) is 1. The van der Waals surface area contributed by atoms with E-state index in [1.807, 2.05) is 12.3 Å². The van der Waals surface area contributed by atoms with Gasteiger partial charge in [-0.05, 0) is 86.3 Å². The SMILES string of the molecule is Cc1cc([C@H]2[C@H](c3ccccn3)NC(=S)N2c2ccc(C(C)C)cc2)c(C)n1C1CCCCC1. The standard InChI is InChI=1S/C29H36N4S/c1-19(2)22-13-15-24(16-14-22)33-28(27(31-29(33)34)26-12-8-9-17-30-26)25-18-20(3)32(21(25)4)23-10-6-5-7-11-23/h8-9,12-19,23,27-28H,5-7,10-11H2,1-4H3,(H,31,34)/t27-,28-/m0/s1. The van der Waals surface area contributed by atoms with Crippen LogP contribution in [0.5, 0.6) is 0 Å². The molecule has 1 N–H and O–H groups in total. The number of aryl methyl sites for hydroxylation is 1. The minimum Gasteiger partial charge on any atom is -0.351 e. The molecule has 3 aromatic rings. The number of benzene rings is 1. The molecule has 4 nitrogen and oxygen atoms in total. The summed E-state index contributed by atoms with van der Waals surface area (Å²) in [7, 11) is 0. The summed E-state index contributed by atoms with van der Waals surface area (Å²) in [4.78, 5) is 7.04. The molecule has 34 heavy (non-hydrogen) atoms. The van der Waals surface area contributed by atoms with Crippen LogP contribution < -0.4 is 10.2 Å². The number of thiocarbonyl (C=S) groups is 1. The molecular formula is C29H36N4S. The van der Waals surface area contributed by atoms with Gasteiger partial charge in [0.1, 0.15) is 0 Å². The van der Waals surface area contributed by atoms with E-state index >= 15 is 0 Å². The van der Waals surface area contributed by atoms with E-state index in [1.165, 1.54) is 54.6 Å². The van der Waals surface area contributed by atoms with Crippen molar-refractivity contribution in [1.82, 2.24) is 14.9 Å². The second-order valence-electron chi connectivity index (χ2n) is 10.2. The molecule has 0 bridgehead atoms. The first-order chi connectivity index (χ1) is 16.5. The van der Waals surface area contributed by atoms with Gasteiger partial charge in [-0.1, -0.05) is 51.3 Å². The summed E-state index contributed by atoms with van der Waals surface area (Å²) in [5.74, 6) is 0.504. The van der Waals surface area contributed by atoms with Gasteiger partial charge in [-0.15, -0.1) is 0 Å². The third kappa shape index (κ3) is 4.15. The maximum absolute atomic E-state index is 5.95. The molecule has 178 valence electrons. The lowest BCUT2D eigenvalue weighted by molar-refractivity contribution is 0.345. The van der Waals surface area contributed by atoms with Gasteiger partial charge >= 0.3 is 0 Å². The number of nitrogens with zero attached hydrogens (tertiary/aromatic N) is 3. The fourth-order valence-electron chi connectivity index (χ4n) is 5.97. The van der Waals surface area contributed by atoms with E-state index < -0.39 is 0 Å². The van der Waals surface area contributed by atoms with Gasteiger partial charge in [0.2, 0.25) is 0 Å². The Balaban J connectivity index is 1.61. The average molecular weight is 473 g/mol. The maximum atomic E-state index is 5.95. The number of aromatic nitrogens is 2. The summed E-state index contributed by atoms with van der Waals surface area (Å²) in [6.45, 7) is 9.03. The van der Waals surface area contributed by atoms with Crippen LogP contribution in [-0.4, -0.2) is 14.7 Å². The Kier molecular flexibility index (Phi) is 6.48. The van der Waals surface area contributed by atoms with E-state index in [0.29, 0.717) is 12.0 Å². The van der Waals surface area contributed by atoms with Crippen LogP contribution in [0.25, 0.3) is 0 Å². The fourth-order valence-corrected chi connectivity index (χ4v) is 6.32. The lowest BCUT2D eigenvalue weighted by Gasteiger charge is -2.30. The second kappa shape index (κ2) is 9.53. The van der Waals surface area contributed by atoms with Crippen molar-refractivity contribution in [3.8, 4) is 0 Å². The number of hydrogen-bond donors (Lipinski definition) is 1. The van der Waals surface area contributed by atoms with Gasteiger partial charge in [0.05, 0.1) is 17.8 Å². The predicted octanol–water partition coefficient (Wildman–Crippen LogP) is 7.31. The third-order valence-electron chi connectivity index (χ3n) is 7.72. The topological polar surface area (TPSA) is 33.1 Å². The Morgan fingerprint density at radius 3 is 2.38 bits per heavy atom. The molecule has 2 aliphatic rings. The van der Waals surface area contributed by atoms with Crippen LogP contribution in [-0.2, 0) is 0 Å². The lowest BCUT2D eigenvalue weighted by atomic mass is 9.94. The van der Waals surface area contributed by atoms with Crippen LogP contribution in [0.3, 0.4) is 0 Å². The molecule has 1 aromatic carbocycles. The van der Waals surface area contributed by atoms with Crippen molar-refractivity contribution >= 4 is 23.0 Å². The number of anilines is 1. The highest BCUT2D eigenvalue weighted by Gasteiger charge is 2.42.